The maximum atomic E-state index is 8.61. The van der Waals surface area contributed by atoms with Crippen LogP contribution in [0.5, 0.6) is 0 Å². The molecule has 0 radical (unpaired) electrons. The van der Waals surface area contributed by atoms with Gasteiger partial charge in [-0.2, -0.15) is 0 Å². The normalized spacial score (nSPS) is 23.1. The number of rotatable bonds is 3. The Morgan fingerprint density at radius 3 is 3.09 bits per heavy atom. The number of ether oxygens (including phenoxy) is 2. The third-order valence-electron chi connectivity index (χ3n) is 1.29. The Balaban J connectivity index is 2.29. The van der Waals surface area contributed by atoms with Crippen molar-refractivity contribution >= 4 is 0 Å². The van der Waals surface area contributed by atoms with Crippen molar-refractivity contribution in [3.8, 4) is 0 Å². The number of hydrogen-bond donors (Lipinski definition) is 1. The molecule has 0 aromatic carbocycles. The van der Waals surface area contributed by atoms with Gasteiger partial charge in [-0.15, -0.1) is 0 Å². The maximum Gasteiger partial charge on any atom is 0.259 e. The highest BCUT2D eigenvalue weighted by molar-refractivity contribution is 4.98. The molecule has 1 rings (SSSR count). The van der Waals surface area contributed by atoms with Gasteiger partial charge in [-0.1, -0.05) is 13.0 Å². The molecule has 3 nitrogen and oxygen atoms in total. The van der Waals surface area contributed by atoms with E-state index in [0.29, 0.717) is 5.76 Å². The lowest BCUT2D eigenvalue weighted by molar-refractivity contribution is 0.00185. The Labute approximate surface area is 65.9 Å². The van der Waals surface area contributed by atoms with Gasteiger partial charge in [0.15, 0.2) is 5.76 Å². The van der Waals surface area contributed by atoms with Crippen LogP contribution < -0.4 is 0 Å². The minimum Gasteiger partial charge on any atom is -0.455 e. The molecule has 0 aromatic rings. The van der Waals surface area contributed by atoms with Crippen LogP contribution in [-0.4, -0.2) is 18.0 Å². The molecule has 0 saturated carbocycles. The second kappa shape index (κ2) is 4.03. The molecular formula is C8H12O3. The van der Waals surface area contributed by atoms with Crippen LogP contribution in [0.4, 0.5) is 0 Å². The van der Waals surface area contributed by atoms with Crippen LogP contribution in [0.3, 0.4) is 0 Å². The van der Waals surface area contributed by atoms with Crippen LogP contribution >= 0.6 is 0 Å². The zero-order valence-corrected chi connectivity index (χ0v) is 6.49. The Kier molecular flexibility index (Phi) is 2.98. The van der Waals surface area contributed by atoms with E-state index in [4.69, 9.17) is 14.6 Å². The highest BCUT2D eigenvalue weighted by Gasteiger charge is 2.14. The zero-order chi connectivity index (χ0) is 8.10. The number of hydrogen-bond acceptors (Lipinski definition) is 3. The number of aliphatic hydroxyl groups excluding tert-OH is 1. The first-order chi connectivity index (χ1) is 5.36. The van der Waals surface area contributed by atoms with Gasteiger partial charge in [0.2, 0.25) is 0 Å². The van der Waals surface area contributed by atoms with Crippen LogP contribution in [0.25, 0.3) is 0 Å². The smallest absolute Gasteiger partial charge is 0.259 e. The Bertz CT molecular complexity index is 172. The van der Waals surface area contributed by atoms with Crippen LogP contribution in [0.1, 0.15) is 13.3 Å². The molecular weight excluding hydrogens is 144 g/mol. The van der Waals surface area contributed by atoms with E-state index in [-0.39, 0.29) is 12.9 Å². The van der Waals surface area contributed by atoms with Crippen molar-refractivity contribution in [1.82, 2.24) is 0 Å². The topological polar surface area (TPSA) is 38.7 Å². The fraction of sp³-hybridized carbons (Fsp3) is 0.500. The van der Waals surface area contributed by atoms with Crippen LogP contribution in [-0.2, 0) is 9.47 Å². The van der Waals surface area contributed by atoms with E-state index in [2.05, 4.69) is 0 Å². The van der Waals surface area contributed by atoms with Gasteiger partial charge in [0, 0.05) is 0 Å². The first-order valence-electron chi connectivity index (χ1n) is 3.65. The van der Waals surface area contributed by atoms with Crippen LogP contribution in [0.2, 0.25) is 0 Å². The Hall–Kier alpha value is -0.960. The average molecular weight is 156 g/mol. The van der Waals surface area contributed by atoms with Crippen molar-refractivity contribution in [2.75, 3.05) is 6.61 Å². The highest BCUT2D eigenvalue weighted by atomic mass is 16.7. The second-order valence-electron chi connectivity index (χ2n) is 2.20. The highest BCUT2D eigenvalue weighted by Crippen LogP contribution is 2.14. The summed E-state index contributed by atoms with van der Waals surface area (Å²) in [5.74, 6) is 0.482. The Morgan fingerprint density at radius 1 is 1.73 bits per heavy atom. The van der Waals surface area contributed by atoms with Gasteiger partial charge in [-0.05, 0) is 12.5 Å². The van der Waals surface area contributed by atoms with Gasteiger partial charge in [0.1, 0.15) is 12.9 Å². The largest absolute Gasteiger partial charge is 0.455 e. The lowest BCUT2D eigenvalue weighted by Gasteiger charge is -2.04. The predicted octanol–water partition coefficient (Wildman–Crippen LogP) is 1.16. The fourth-order valence-corrected chi connectivity index (χ4v) is 0.754. The monoisotopic (exact) mass is 156 g/mol. The van der Waals surface area contributed by atoms with Crippen molar-refractivity contribution in [2.45, 2.75) is 19.6 Å². The van der Waals surface area contributed by atoms with E-state index >= 15 is 0 Å². The summed E-state index contributed by atoms with van der Waals surface area (Å²) in [5, 5.41) is 8.61. The van der Waals surface area contributed by atoms with Gasteiger partial charge in [-0.3, -0.25) is 0 Å². The molecule has 1 aliphatic rings. The molecule has 0 saturated heterocycles. The summed E-state index contributed by atoms with van der Waals surface area (Å²) < 4.78 is 10.1. The second-order valence-corrected chi connectivity index (χ2v) is 2.20. The Morgan fingerprint density at radius 2 is 2.55 bits per heavy atom. The van der Waals surface area contributed by atoms with Crippen LogP contribution in [0.15, 0.2) is 24.2 Å². The molecule has 1 aliphatic heterocycles. The third kappa shape index (κ3) is 2.27. The summed E-state index contributed by atoms with van der Waals surface area (Å²) >= 11 is 0. The minimum atomic E-state index is -0.336. The summed E-state index contributed by atoms with van der Waals surface area (Å²) in [4.78, 5) is 0. The van der Waals surface area contributed by atoms with Gasteiger partial charge >= 0.3 is 0 Å². The predicted molar refractivity (Wildman–Crippen MR) is 40.6 cm³/mol. The lowest BCUT2D eigenvalue weighted by atomic mass is 10.4. The van der Waals surface area contributed by atoms with E-state index in [1.165, 1.54) is 6.26 Å². The van der Waals surface area contributed by atoms with Crippen molar-refractivity contribution in [3.63, 3.8) is 0 Å². The molecule has 0 aliphatic carbocycles. The molecule has 1 heterocycles. The van der Waals surface area contributed by atoms with E-state index in [1.54, 1.807) is 0 Å². The van der Waals surface area contributed by atoms with Gasteiger partial charge in [0.25, 0.3) is 6.29 Å². The number of aliphatic hydroxyl groups is 1. The zero-order valence-electron chi connectivity index (χ0n) is 6.49. The molecule has 0 fully saturated rings. The first-order valence-corrected chi connectivity index (χ1v) is 3.65. The fourth-order valence-electron chi connectivity index (χ4n) is 0.754. The SMILES string of the molecule is CCC=CC1OC=C(CO)O1. The summed E-state index contributed by atoms with van der Waals surface area (Å²) in [6.07, 6.45) is 5.83. The van der Waals surface area contributed by atoms with E-state index < -0.39 is 0 Å². The molecule has 1 atom stereocenters. The van der Waals surface area contributed by atoms with Gasteiger partial charge in [0.05, 0.1) is 0 Å². The van der Waals surface area contributed by atoms with E-state index in [1.807, 2.05) is 19.1 Å². The van der Waals surface area contributed by atoms with E-state index in [9.17, 15) is 0 Å². The maximum absolute atomic E-state index is 8.61. The number of allylic oxidation sites excluding steroid dienone is 1. The van der Waals surface area contributed by atoms with E-state index in [0.717, 1.165) is 6.42 Å². The lowest BCUT2D eigenvalue weighted by Crippen LogP contribution is -2.04. The summed E-state index contributed by atoms with van der Waals surface area (Å²) in [6, 6.07) is 0. The van der Waals surface area contributed by atoms with Crippen LogP contribution in [0, 0.1) is 0 Å². The van der Waals surface area contributed by atoms with Crippen molar-refractivity contribution in [2.24, 2.45) is 0 Å². The van der Waals surface area contributed by atoms with Crippen molar-refractivity contribution in [1.29, 1.82) is 0 Å². The third-order valence-corrected chi connectivity index (χ3v) is 1.29. The van der Waals surface area contributed by atoms with Gasteiger partial charge in [-0.25, -0.2) is 0 Å². The molecule has 1 unspecified atom stereocenters. The first kappa shape index (κ1) is 8.14. The molecule has 11 heavy (non-hydrogen) atoms. The summed E-state index contributed by atoms with van der Waals surface area (Å²) in [5.41, 5.74) is 0. The minimum absolute atomic E-state index is 0.101. The molecule has 3 heteroatoms. The molecule has 0 amide bonds. The van der Waals surface area contributed by atoms with Crippen molar-refractivity contribution in [3.05, 3.63) is 24.2 Å². The van der Waals surface area contributed by atoms with Crippen molar-refractivity contribution < 1.29 is 14.6 Å². The molecule has 0 spiro atoms. The average Bonchev–Trinajstić information content (AvgIpc) is 2.48. The van der Waals surface area contributed by atoms with Gasteiger partial charge < -0.3 is 14.6 Å². The quantitative estimate of drug-likeness (QED) is 0.623. The molecule has 1 N–H and O–H groups in total. The molecule has 0 aromatic heterocycles. The molecule has 62 valence electrons. The standard InChI is InChI=1S/C8H12O3/c1-2-3-4-8-10-6-7(5-9)11-8/h3-4,6,8-9H,2,5H2,1H3. The molecule has 0 bridgehead atoms. The summed E-state index contributed by atoms with van der Waals surface area (Å²) in [6.45, 7) is 1.93. The summed E-state index contributed by atoms with van der Waals surface area (Å²) in [7, 11) is 0.